The van der Waals surface area contributed by atoms with Gasteiger partial charge in [-0.3, -0.25) is 4.79 Å². The number of carbonyl (C=O) groups is 1. The molecule has 0 aliphatic carbocycles. The van der Waals surface area contributed by atoms with Gasteiger partial charge in [-0.25, -0.2) is 4.39 Å². The quantitative estimate of drug-likeness (QED) is 0.579. The minimum atomic E-state index is -0.770. The van der Waals surface area contributed by atoms with Crippen LogP contribution in [-0.4, -0.2) is 11.1 Å². The third kappa shape index (κ3) is 5.22. The van der Waals surface area contributed by atoms with Crippen LogP contribution in [0.15, 0.2) is 18.2 Å². The molecule has 94 valence electrons. The third-order valence-corrected chi connectivity index (χ3v) is 2.99. The van der Waals surface area contributed by atoms with Gasteiger partial charge >= 0.3 is 5.97 Å². The van der Waals surface area contributed by atoms with E-state index in [1.807, 2.05) is 6.07 Å². The van der Waals surface area contributed by atoms with Crippen LogP contribution in [0.3, 0.4) is 0 Å². The van der Waals surface area contributed by atoms with Crippen molar-refractivity contribution in [2.45, 2.75) is 37.9 Å². The molecule has 0 bridgehead atoms. The van der Waals surface area contributed by atoms with Crippen LogP contribution in [-0.2, 0) is 17.0 Å². The van der Waals surface area contributed by atoms with Gasteiger partial charge in [0.15, 0.2) is 0 Å². The van der Waals surface area contributed by atoms with Gasteiger partial charge in [0.1, 0.15) is 5.82 Å². The number of hydrogen-bond acceptors (Lipinski definition) is 2. The van der Waals surface area contributed by atoms with Crippen molar-refractivity contribution in [3.63, 3.8) is 0 Å². The van der Waals surface area contributed by atoms with Crippen molar-refractivity contribution >= 4 is 18.6 Å². The molecule has 0 amide bonds. The molecule has 1 aromatic carbocycles. The highest BCUT2D eigenvalue weighted by molar-refractivity contribution is 7.79. The minimum Gasteiger partial charge on any atom is -0.481 e. The highest BCUT2D eigenvalue weighted by Gasteiger charge is 2.03. The first kappa shape index (κ1) is 14.0. The summed E-state index contributed by atoms with van der Waals surface area (Å²) in [6, 6.07) is 5.04. The first-order valence-electron chi connectivity index (χ1n) is 5.73. The molecule has 0 atom stereocenters. The average molecular weight is 256 g/mol. The van der Waals surface area contributed by atoms with Crippen molar-refractivity contribution in [2.75, 3.05) is 0 Å². The minimum absolute atomic E-state index is 0.186. The Labute approximate surface area is 106 Å². The zero-order valence-electron chi connectivity index (χ0n) is 9.66. The summed E-state index contributed by atoms with van der Waals surface area (Å²) in [5, 5.41) is 8.47. The van der Waals surface area contributed by atoms with Gasteiger partial charge in [-0.15, -0.1) is 0 Å². The van der Waals surface area contributed by atoms with E-state index in [1.165, 1.54) is 6.07 Å². The number of rotatable bonds is 7. The number of aryl methyl sites for hydroxylation is 1. The predicted octanol–water partition coefficient (Wildman–Crippen LogP) is 3.44. The lowest BCUT2D eigenvalue weighted by atomic mass is 10.0. The molecule has 1 rings (SSSR count). The molecule has 0 radical (unpaired) electrons. The number of aliphatic carboxylic acids is 1. The molecule has 17 heavy (non-hydrogen) atoms. The molecule has 1 aromatic rings. The molecule has 0 heterocycles. The fourth-order valence-corrected chi connectivity index (χ4v) is 1.88. The zero-order valence-corrected chi connectivity index (χ0v) is 10.5. The van der Waals surface area contributed by atoms with Crippen LogP contribution < -0.4 is 0 Å². The van der Waals surface area contributed by atoms with Crippen LogP contribution in [0.1, 0.15) is 36.8 Å². The lowest BCUT2D eigenvalue weighted by Crippen LogP contribution is -1.96. The van der Waals surface area contributed by atoms with Gasteiger partial charge in [0.05, 0.1) is 0 Å². The standard InChI is InChI=1S/C13H17FO2S/c14-12-7-6-10(9-17)8-11(12)4-2-1-3-5-13(15)16/h6-8,17H,1-5,9H2,(H,15,16). The molecule has 0 saturated heterocycles. The van der Waals surface area contributed by atoms with Crippen molar-refractivity contribution in [2.24, 2.45) is 0 Å². The van der Waals surface area contributed by atoms with Crippen molar-refractivity contribution in [3.05, 3.63) is 35.1 Å². The van der Waals surface area contributed by atoms with Gasteiger partial charge in [-0.05, 0) is 36.5 Å². The summed E-state index contributed by atoms with van der Waals surface area (Å²) < 4.78 is 13.4. The maximum absolute atomic E-state index is 13.4. The van der Waals surface area contributed by atoms with Gasteiger partial charge in [0, 0.05) is 12.2 Å². The molecule has 0 saturated carbocycles. The summed E-state index contributed by atoms with van der Waals surface area (Å²) in [4.78, 5) is 10.3. The maximum atomic E-state index is 13.4. The first-order chi connectivity index (χ1) is 8.13. The van der Waals surface area contributed by atoms with E-state index in [1.54, 1.807) is 6.07 Å². The van der Waals surface area contributed by atoms with E-state index in [2.05, 4.69) is 12.6 Å². The van der Waals surface area contributed by atoms with Crippen molar-refractivity contribution in [1.82, 2.24) is 0 Å². The van der Waals surface area contributed by atoms with Gasteiger partial charge in [-0.1, -0.05) is 18.6 Å². The molecular weight excluding hydrogens is 239 g/mol. The van der Waals surface area contributed by atoms with Gasteiger partial charge in [-0.2, -0.15) is 12.6 Å². The smallest absolute Gasteiger partial charge is 0.303 e. The Bertz CT molecular complexity index is 380. The Balaban J connectivity index is 2.38. The fraction of sp³-hybridized carbons (Fsp3) is 0.462. The number of halogens is 1. The molecular formula is C13H17FO2S. The molecule has 0 fully saturated rings. The van der Waals surface area contributed by atoms with Gasteiger partial charge in [0.25, 0.3) is 0 Å². The maximum Gasteiger partial charge on any atom is 0.303 e. The van der Waals surface area contributed by atoms with Crippen LogP contribution in [0, 0.1) is 5.82 Å². The second kappa shape index (κ2) is 7.33. The highest BCUT2D eigenvalue weighted by Crippen LogP contribution is 2.15. The molecule has 0 aliphatic rings. The van der Waals surface area contributed by atoms with Crippen LogP contribution in [0.25, 0.3) is 0 Å². The van der Waals surface area contributed by atoms with E-state index in [0.717, 1.165) is 18.4 Å². The summed E-state index contributed by atoms with van der Waals surface area (Å²) in [5.41, 5.74) is 1.71. The number of carboxylic acid groups (broad SMARTS) is 1. The zero-order chi connectivity index (χ0) is 12.7. The Morgan fingerprint density at radius 3 is 2.71 bits per heavy atom. The lowest BCUT2D eigenvalue weighted by Gasteiger charge is -2.05. The monoisotopic (exact) mass is 256 g/mol. The summed E-state index contributed by atoms with van der Waals surface area (Å²) in [7, 11) is 0. The molecule has 4 heteroatoms. The summed E-state index contributed by atoms with van der Waals surface area (Å²) in [5.74, 6) is -0.353. The number of benzene rings is 1. The van der Waals surface area contributed by atoms with E-state index >= 15 is 0 Å². The van der Waals surface area contributed by atoms with Gasteiger partial charge < -0.3 is 5.11 Å². The van der Waals surface area contributed by atoms with Crippen molar-refractivity contribution in [1.29, 1.82) is 0 Å². The predicted molar refractivity (Wildman–Crippen MR) is 68.9 cm³/mol. The van der Waals surface area contributed by atoms with Crippen LogP contribution in [0.4, 0.5) is 4.39 Å². The Morgan fingerprint density at radius 1 is 1.29 bits per heavy atom. The summed E-state index contributed by atoms with van der Waals surface area (Å²) >= 11 is 4.15. The number of hydrogen-bond donors (Lipinski definition) is 2. The number of thiol groups is 1. The van der Waals surface area contributed by atoms with Crippen LogP contribution in [0.2, 0.25) is 0 Å². The first-order valence-corrected chi connectivity index (χ1v) is 6.36. The molecule has 0 aliphatic heterocycles. The van der Waals surface area contributed by atoms with E-state index in [-0.39, 0.29) is 12.2 Å². The second-order valence-corrected chi connectivity index (χ2v) is 4.35. The van der Waals surface area contributed by atoms with E-state index in [9.17, 15) is 9.18 Å². The normalized spacial score (nSPS) is 10.5. The van der Waals surface area contributed by atoms with E-state index in [4.69, 9.17) is 5.11 Å². The summed E-state index contributed by atoms with van der Waals surface area (Å²) in [6.07, 6.45) is 3.15. The molecule has 0 unspecified atom stereocenters. The van der Waals surface area contributed by atoms with Crippen molar-refractivity contribution < 1.29 is 14.3 Å². The lowest BCUT2D eigenvalue weighted by molar-refractivity contribution is -0.137. The Hall–Kier alpha value is -1.03. The fourth-order valence-electron chi connectivity index (χ4n) is 1.69. The molecule has 2 nitrogen and oxygen atoms in total. The number of carboxylic acids is 1. The SMILES string of the molecule is O=C(O)CCCCCc1cc(CS)ccc1F. The average Bonchev–Trinajstić information content (AvgIpc) is 2.30. The van der Waals surface area contributed by atoms with Crippen LogP contribution >= 0.6 is 12.6 Å². The molecule has 0 aromatic heterocycles. The van der Waals surface area contributed by atoms with Crippen molar-refractivity contribution in [3.8, 4) is 0 Å². The van der Waals surface area contributed by atoms with Crippen LogP contribution in [0.5, 0.6) is 0 Å². The largest absolute Gasteiger partial charge is 0.481 e. The Kier molecular flexibility index (Phi) is 6.05. The molecule has 1 N–H and O–H groups in total. The van der Waals surface area contributed by atoms with Gasteiger partial charge in [0.2, 0.25) is 0 Å². The third-order valence-electron chi connectivity index (χ3n) is 2.63. The van der Waals surface area contributed by atoms with E-state index < -0.39 is 5.97 Å². The topological polar surface area (TPSA) is 37.3 Å². The number of unbranched alkanes of at least 4 members (excludes halogenated alkanes) is 2. The molecule has 0 spiro atoms. The second-order valence-electron chi connectivity index (χ2n) is 4.04. The van der Waals surface area contributed by atoms with E-state index in [0.29, 0.717) is 24.2 Å². The Morgan fingerprint density at radius 2 is 2.06 bits per heavy atom. The highest BCUT2D eigenvalue weighted by atomic mass is 32.1. The summed E-state index contributed by atoms with van der Waals surface area (Å²) in [6.45, 7) is 0.